The number of rotatable bonds is 11. The first-order valence-electron chi connectivity index (χ1n) is 13.9. The van der Waals surface area contributed by atoms with Gasteiger partial charge in [-0.15, -0.1) is 0 Å². The molecule has 0 aliphatic carbocycles. The lowest BCUT2D eigenvalue weighted by molar-refractivity contribution is -0.139. The number of aromatic nitrogens is 2. The minimum Gasteiger partial charge on any atom is -0.480 e. The number of amides is 1. The van der Waals surface area contributed by atoms with E-state index in [1.807, 2.05) is 25.1 Å². The maximum atomic E-state index is 12.9. The first kappa shape index (κ1) is 28.6. The van der Waals surface area contributed by atoms with E-state index in [0.29, 0.717) is 5.82 Å². The minimum absolute atomic E-state index is 0.0139. The van der Waals surface area contributed by atoms with Crippen molar-refractivity contribution in [2.24, 2.45) is 0 Å². The topological polar surface area (TPSA) is 120 Å². The predicted octanol–water partition coefficient (Wildman–Crippen LogP) is 1.93. The molecule has 2 fully saturated rings. The van der Waals surface area contributed by atoms with Gasteiger partial charge in [-0.05, 0) is 70.9 Å². The van der Waals surface area contributed by atoms with Gasteiger partial charge >= 0.3 is 17.8 Å². The summed E-state index contributed by atoms with van der Waals surface area (Å²) >= 11 is 0. The Kier molecular flexibility index (Phi) is 10.3. The number of carboxylic acids is 1. The number of anilines is 1. The first-order valence-corrected chi connectivity index (χ1v) is 13.9. The van der Waals surface area contributed by atoms with Crippen LogP contribution in [0.4, 0.5) is 10.6 Å². The van der Waals surface area contributed by atoms with Crippen molar-refractivity contribution in [2.45, 2.75) is 51.8 Å². The van der Waals surface area contributed by atoms with Gasteiger partial charge in [0.15, 0.2) is 0 Å². The Morgan fingerprint density at radius 1 is 1.00 bits per heavy atom. The van der Waals surface area contributed by atoms with Crippen LogP contribution in [0, 0.1) is 6.92 Å². The number of aliphatic carboxylic acids is 1. The molecule has 2 aliphatic rings. The van der Waals surface area contributed by atoms with Gasteiger partial charge in [-0.2, -0.15) is 4.98 Å². The summed E-state index contributed by atoms with van der Waals surface area (Å²) < 4.78 is 6.37. The Morgan fingerprint density at radius 3 is 2.41 bits per heavy atom. The third kappa shape index (κ3) is 8.52. The fourth-order valence-electron chi connectivity index (χ4n) is 5.26. The van der Waals surface area contributed by atoms with E-state index in [1.165, 1.54) is 36.9 Å². The van der Waals surface area contributed by atoms with Crippen molar-refractivity contribution in [1.82, 2.24) is 24.7 Å². The third-order valence-electron chi connectivity index (χ3n) is 7.37. The summed E-state index contributed by atoms with van der Waals surface area (Å²) in [6.45, 7) is 9.87. The molecule has 39 heavy (non-hydrogen) atoms. The summed E-state index contributed by atoms with van der Waals surface area (Å²) in [6, 6.07) is 7.75. The van der Waals surface area contributed by atoms with Crippen LogP contribution in [0.3, 0.4) is 0 Å². The van der Waals surface area contributed by atoms with E-state index in [0.717, 1.165) is 56.8 Å². The summed E-state index contributed by atoms with van der Waals surface area (Å²) in [6.07, 6.45) is 5.55. The highest BCUT2D eigenvalue weighted by molar-refractivity contribution is 5.79. The minimum atomic E-state index is -1.34. The van der Waals surface area contributed by atoms with Gasteiger partial charge < -0.3 is 29.9 Å². The molecule has 4 rings (SSSR count). The summed E-state index contributed by atoms with van der Waals surface area (Å²) in [5.41, 5.74) is 1.02. The standard InChI is InChI=1S/C28H40N6O5/c1-22-19-34(20-24(26(35)36)29-28(38)39-21-23-9-3-2-4-10-23)27(37)30-25(22)33-16-8-15-32(17-18-33)14-7-13-31-11-5-6-12-31/h2-4,9-10,19,24H,5-8,11-18,20-21H2,1H3,(H,29,38)(H,35,36)/t24-/m0/s1. The molecule has 11 heteroatoms. The smallest absolute Gasteiger partial charge is 0.408 e. The molecule has 0 bridgehead atoms. The number of carbonyl (C=O) groups is 2. The van der Waals surface area contributed by atoms with Crippen LogP contribution in [-0.4, -0.2) is 94.9 Å². The lowest BCUT2D eigenvalue weighted by Crippen LogP contribution is -2.46. The van der Waals surface area contributed by atoms with Crippen molar-refractivity contribution in [3.05, 3.63) is 58.1 Å². The normalized spacial score (nSPS) is 17.5. The second-order valence-electron chi connectivity index (χ2n) is 10.4. The van der Waals surface area contributed by atoms with Gasteiger partial charge in [0.2, 0.25) is 0 Å². The van der Waals surface area contributed by atoms with Crippen molar-refractivity contribution >= 4 is 17.9 Å². The van der Waals surface area contributed by atoms with Crippen molar-refractivity contribution in [1.29, 1.82) is 0 Å². The maximum Gasteiger partial charge on any atom is 0.408 e. The van der Waals surface area contributed by atoms with Crippen LogP contribution < -0.4 is 15.9 Å². The van der Waals surface area contributed by atoms with Crippen LogP contribution in [0.25, 0.3) is 0 Å². The number of alkyl carbamates (subject to hydrolysis) is 1. The maximum absolute atomic E-state index is 12.9. The SMILES string of the molecule is Cc1cn(C[C@H](NC(=O)OCc2ccccc2)C(=O)O)c(=O)nc1N1CCCN(CCCN2CCCC2)CC1. The van der Waals surface area contributed by atoms with Gasteiger partial charge in [0.25, 0.3) is 0 Å². The van der Waals surface area contributed by atoms with E-state index >= 15 is 0 Å². The lowest BCUT2D eigenvalue weighted by atomic mass is 10.2. The van der Waals surface area contributed by atoms with Crippen LogP contribution >= 0.6 is 0 Å². The van der Waals surface area contributed by atoms with Crippen LogP contribution in [-0.2, 0) is 22.7 Å². The number of nitrogens with one attached hydrogen (secondary N) is 1. The van der Waals surface area contributed by atoms with Gasteiger partial charge in [0.05, 0.1) is 6.54 Å². The predicted molar refractivity (Wildman–Crippen MR) is 148 cm³/mol. The van der Waals surface area contributed by atoms with E-state index < -0.39 is 23.8 Å². The van der Waals surface area contributed by atoms with Crippen molar-refractivity contribution in [2.75, 3.05) is 57.3 Å². The zero-order valence-electron chi connectivity index (χ0n) is 22.8. The van der Waals surface area contributed by atoms with Gasteiger partial charge in [0, 0.05) is 31.4 Å². The molecule has 0 radical (unpaired) electrons. The van der Waals surface area contributed by atoms with Crippen LogP contribution in [0.15, 0.2) is 41.3 Å². The molecule has 2 N–H and O–H groups in total. The molecule has 2 aromatic rings. The monoisotopic (exact) mass is 540 g/mol. The zero-order chi connectivity index (χ0) is 27.6. The van der Waals surface area contributed by atoms with Gasteiger partial charge in [-0.3, -0.25) is 4.57 Å². The number of carboxylic acid groups (broad SMARTS) is 1. The van der Waals surface area contributed by atoms with Gasteiger partial charge in [-0.1, -0.05) is 30.3 Å². The first-order chi connectivity index (χ1) is 18.9. The molecule has 1 atom stereocenters. The number of carbonyl (C=O) groups excluding carboxylic acids is 1. The lowest BCUT2D eigenvalue weighted by Gasteiger charge is -2.25. The van der Waals surface area contributed by atoms with Crippen molar-refractivity contribution in [3.8, 4) is 0 Å². The molecule has 1 amide bonds. The molecule has 212 valence electrons. The Morgan fingerprint density at radius 2 is 1.69 bits per heavy atom. The van der Waals surface area contributed by atoms with E-state index in [-0.39, 0.29) is 13.2 Å². The number of nitrogens with zero attached hydrogens (tertiary/aromatic N) is 5. The number of ether oxygens (including phenoxy) is 1. The van der Waals surface area contributed by atoms with Crippen molar-refractivity contribution in [3.63, 3.8) is 0 Å². The van der Waals surface area contributed by atoms with E-state index in [9.17, 15) is 19.5 Å². The van der Waals surface area contributed by atoms with Crippen LogP contribution in [0.5, 0.6) is 0 Å². The zero-order valence-corrected chi connectivity index (χ0v) is 22.8. The number of aryl methyl sites for hydroxylation is 1. The van der Waals surface area contributed by atoms with E-state index in [1.54, 1.807) is 18.3 Å². The van der Waals surface area contributed by atoms with E-state index in [4.69, 9.17) is 4.74 Å². The summed E-state index contributed by atoms with van der Waals surface area (Å²) in [5.74, 6) is -0.630. The molecular weight excluding hydrogens is 500 g/mol. The molecule has 2 saturated heterocycles. The fraction of sp³-hybridized carbons (Fsp3) is 0.571. The molecule has 11 nitrogen and oxygen atoms in total. The average Bonchev–Trinajstić information content (AvgIpc) is 3.34. The molecule has 0 spiro atoms. The number of hydrogen-bond acceptors (Lipinski definition) is 8. The molecule has 0 saturated carbocycles. The molecule has 0 unspecified atom stereocenters. The third-order valence-corrected chi connectivity index (χ3v) is 7.37. The second kappa shape index (κ2) is 14.1. The Balaban J connectivity index is 1.31. The number of benzene rings is 1. The largest absolute Gasteiger partial charge is 0.480 e. The van der Waals surface area contributed by atoms with Crippen LogP contribution in [0.2, 0.25) is 0 Å². The Bertz CT molecular complexity index is 1150. The van der Waals surface area contributed by atoms with E-state index in [2.05, 4.69) is 25.0 Å². The molecule has 3 heterocycles. The highest BCUT2D eigenvalue weighted by Crippen LogP contribution is 2.17. The molecule has 2 aliphatic heterocycles. The highest BCUT2D eigenvalue weighted by atomic mass is 16.5. The molecular formula is C28H40N6O5. The quantitative estimate of drug-likeness (QED) is 0.440. The van der Waals surface area contributed by atoms with Crippen LogP contribution in [0.1, 0.15) is 36.8 Å². The summed E-state index contributed by atoms with van der Waals surface area (Å²) in [4.78, 5) is 48.4. The molecule has 1 aromatic heterocycles. The average molecular weight is 541 g/mol. The van der Waals surface area contributed by atoms with Gasteiger partial charge in [0.1, 0.15) is 18.5 Å². The number of hydrogen-bond donors (Lipinski definition) is 2. The fourth-order valence-corrected chi connectivity index (χ4v) is 5.26. The highest BCUT2D eigenvalue weighted by Gasteiger charge is 2.24. The van der Waals surface area contributed by atoms with Crippen molar-refractivity contribution < 1.29 is 19.4 Å². The second-order valence-corrected chi connectivity index (χ2v) is 10.4. The summed E-state index contributed by atoms with van der Waals surface area (Å²) in [5, 5.41) is 12.0. The number of likely N-dealkylation sites (tertiary alicyclic amines) is 1. The van der Waals surface area contributed by atoms with Gasteiger partial charge in [-0.25, -0.2) is 14.4 Å². The summed E-state index contributed by atoms with van der Waals surface area (Å²) in [7, 11) is 0. The Hall–Kier alpha value is -3.44. The molecule has 1 aromatic carbocycles. The Labute approximate surface area is 229 Å².